The van der Waals surface area contributed by atoms with Gasteiger partial charge < -0.3 is 24.0 Å². The Kier molecular flexibility index (Phi) is 9.13. The number of amides is 1. The number of rotatable bonds is 5. The zero-order valence-corrected chi connectivity index (χ0v) is 22.3. The SMILES string of the molecule is COc1ccc(CCC(=O)N2CCC3(CCCCc4ccccc4OCCN(C)C3)CC2)cc1OC. The van der Waals surface area contributed by atoms with Crippen LogP contribution in [0, 0.1) is 5.41 Å². The summed E-state index contributed by atoms with van der Waals surface area (Å²) in [7, 11) is 5.49. The Balaban J connectivity index is 1.31. The number of carbonyl (C=O) groups is 1. The van der Waals surface area contributed by atoms with E-state index in [0.717, 1.165) is 56.8 Å². The van der Waals surface area contributed by atoms with Crippen molar-refractivity contribution in [3.63, 3.8) is 0 Å². The Morgan fingerprint density at radius 3 is 2.53 bits per heavy atom. The number of likely N-dealkylation sites (N-methyl/N-ethyl adjacent to an activating group) is 1. The van der Waals surface area contributed by atoms with Crippen LogP contribution in [0.15, 0.2) is 42.5 Å². The van der Waals surface area contributed by atoms with Crippen molar-refractivity contribution in [3.8, 4) is 17.2 Å². The largest absolute Gasteiger partial charge is 0.493 e. The van der Waals surface area contributed by atoms with Gasteiger partial charge in [-0.3, -0.25) is 4.79 Å². The lowest BCUT2D eigenvalue weighted by Gasteiger charge is -2.44. The van der Waals surface area contributed by atoms with Gasteiger partial charge in [-0.15, -0.1) is 0 Å². The van der Waals surface area contributed by atoms with Crippen molar-refractivity contribution in [2.45, 2.75) is 51.4 Å². The molecular weight excluding hydrogens is 452 g/mol. The summed E-state index contributed by atoms with van der Waals surface area (Å²) in [6, 6.07) is 14.4. The molecule has 4 rings (SSSR count). The van der Waals surface area contributed by atoms with Crippen molar-refractivity contribution in [2.75, 3.05) is 54.1 Å². The summed E-state index contributed by atoms with van der Waals surface area (Å²) >= 11 is 0. The van der Waals surface area contributed by atoms with Crippen LogP contribution < -0.4 is 14.2 Å². The van der Waals surface area contributed by atoms with Gasteiger partial charge in [-0.25, -0.2) is 0 Å². The van der Waals surface area contributed by atoms with E-state index >= 15 is 0 Å². The smallest absolute Gasteiger partial charge is 0.222 e. The monoisotopic (exact) mass is 494 g/mol. The molecule has 2 heterocycles. The van der Waals surface area contributed by atoms with Crippen LogP contribution in [0.3, 0.4) is 0 Å². The first-order valence-electron chi connectivity index (χ1n) is 13.4. The van der Waals surface area contributed by atoms with Crippen LogP contribution in [0.5, 0.6) is 17.2 Å². The molecule has 6 nitrogen and oxygen atoms in total. The summed E-state index contributed by atoms with van der Waals surface area (Å²) in [6.45, 7) is 4.43. The molecule has 0 aromatic heterocycles. The van der Waals surface area contributed by atoms with Gasteiger partial charge in [0.1, 0.15) is 12.4 Å². The molecule has 2 aromatic carbocycles. The maximum Gasteiger partial charge on any atom is 0.222 e. The molecular formula is C30H42N2O4. The second kappa shape index (κ2) is 12.5. The molecule has 1 amide bonds. The Morgan fingerprint density at radius 2 is 1.75 bits per heavy atom. The van der Waals surface area contributed by atoms with E-state index in [4.69, 9.17) is 14.2 Å². The summed E-state index contributed by atoms with van der Waals surface area (Å²) < 4.78 is 16.9. The number of aryl methyl sites for hydroxylation is 2. The lowest BCUT2D eigenvalue weighted by Crippen LogP contribution is -2.48. The molecule has 0 unspecified atom stereocenters. The Bertz CT molecular complexity index is 1000. The van der Waals surface area contributed by atoms with Gasteiger partial charge in [0.05, 0.1) is 14.2 Å². The van der Waals surface area contributed by atoms with Crippen molar-refractivity contribution < 1.29 is 19.0 Å². The molecule has 0 N–H and O–H groups in total. The van der Waals surface area contributed by atoms with Crippen LogP contribution >= 0.6 is 0 Å². The molecule has 2 aromatic rings. The summed E-state index contributed by atoms with van der Waals surface area (Å²) in [5.74, 6) is 2.72. The first-order valence-corrected chi connectivity index (χ1v) is 13.4. The number of para-hydroxylation sites is 1. The van der Waals surface area contributed by atoms with Gasteiger partial charge >= 0.3 is 0 Å². The molecule has 2 aliphatic rings. The second-order valence-corrected chi connectivity index (χ2v) is 10.5. The van der Waals surface area contributed by atoms with Crippen LogP contribution in [0.25, 0.3) is 0 Å². The molecule has 1 saturated heterocycles. The van der Waals surface area contributed by atoms with E-state index in [2.05, 4.69) is 41.1 Å². The highest BCUT2D eigenvalue weighted by atomic mass is 16.5. The lowest BCUT2D eigenvalue weighted by molar-refractivity contribution is -0.133. The van der Waals surface area contributed by atoms with Crippen molar-refractivity contribution in [3.05, 3.63) is 53.6 Å². The van der Waals surface area contributed by atoms with E-state index in [9.17, 15) is 4.79 Å². The zero-order valence-electron chi connectivity index (χ0n) is 22.3. The van der Waals surface area contributed by atoms with E-state index < -0.39 is 0 Å². The van der Waals surface area contributed by atoms with Gasteiger partial charge in [-0.05, 0) is 80.3 Å². The first-order chi connectivity index (χ1) is 17.5. The molecule has 1 fully saturated rings. The summed E-state index contributed by atoms with van der Waals surface area (Å²) in [4.78, 5) is 17.6. The first kappa shape index (κ1) is 26.3. The molecule has 0 saturated carbocycles. The van der Waals surface area contributed by atoms with Crippen molar-refractivity contribution in [1.29, 1.82) is 0 Å². The number of hydrogen-bond donors (Lipinski definition) is 0. The predicted octanol–water partition coefficient (Wildman–Crippen LogP) is 4.98. The average molecular weight is 495 g/mol. The van der Waals surface area contributed by atoms with Crippen molar-refractivity contribution in [1.82, 2.24) is 9.80 Å². The molecule has 0 aliphatic carbocycles. The van der Waals surface area contributed by atoms with Crippen molar-refractivity contribution in [2.24, 2.45) is 5.41 Å². The number of benzene rings is 2. The number of hydrogen-bond acceptors (Lipinski definition) is 5. The molecule has 0 radical (unpaired) electrons. The third kappa shape index (κ3) is 6.73. The predicted molar refractivity (Wildman–Crippen MR) is 143 cm³/mol. The topological polar surface area (TPSA) is 51.2 Å². The molecule has 0 atom stereocenters. The van der Waals surface area contributed by atoms with E-state index in [1.165, 1.54) is 24.8 Å². The van der Waals surface area contributed by atoms with Crippen molar-refractivity contribution >= 4 is 5.91 Å². The third-order valence-electron chi connectivity index (χ3n) is 7.96. The van der Waals surface area contributed by atoms with Gasteiger partial charge in [0.25, 0.3) is 0 Å². The highest BCUT2D eigenvalue weighted by Gasteiger charge is 2.36. The van der Waals surface area contributed by atoms with Gasteiger partial charge in [0.15, 0.2) is 11.5 Å². The third-order valence-corrected chi connectivity index (χ3v) is 7.96. The fourth-order valence-corrected chi connectivity index (χ4v) is 5.79. The number of fused-ring (bicyclic) bond motifs is 1. The Hall–Kier alpha value is -2.73. The lowest BCUT2D eigenvalue weighted by atomic mass is 9.73. The zero-order chi connectivity index (χ0) is 25.4. The minimum absolute atomic E-state index is 0.256. The molecule has 36 heavy (non-hydrogen) atoms. The average Bonchev–Trinajstić information content (AvgIpc) is 2.90. The van der Waals surface area contributed by atoms with E-state index in [1.54, 1.807) is 14.2 Å². The molecule has 1 spiro atoms. The fraction of sp³-hybridized carbons (Fsp3) is 0.567. The number of ether oxygens (including phenoxy) is 3. The van der Waals surface area contributed by atoms with Gasteiger partial charge in [-0.2, -0.15) is 0 Å². The highest BCUT2D eigenvalue weighted by molar-refractivity contribution is 5.76. The summed E-state index contributed by atoms with van der Waals surface area (Å²) in [5, 5.41) is 0. The second-order valence-electron chi connectivity index (χ2n) is 10.5. The van der Waals surface area contributed by atoms with Crippen LogP contribution in [-0.4, -0.2) is 69.8 Å². The molecule has 2 aliphatic heterocycles. The number of carbonyl (C=O) groups excluding carboxylic acids is 1. The quantitative estimate of drug-likeness (QED) is 0.587. The van der Waals surface area contributed by atoms with Crippen LogP contribution in [0.4, 0.5) is 0 Å². The normalized spacial score (nSPS) is 18.9. The standard InChI is InChI=1S/C30H42N2O4/c1-31-20-21-36-26-10-5-4-8-25(26)9-6-7-15-30(23-31)16-18-32(19-17-30)29(33)14-12-24-11-13-27(34-2)28(22-24)35-3/h4-5,8,10-11,13,22H,6-7,9,12,14-21,23H2,1-3H3. The maximum absolute atomic E-state index is 13.1. The summed E-state index contributed by atoms with van der Waals surface area (Å²) in [6.07, 6.45) is 8.10. The van der Waals surface area contributed by atoms with Gasteiger partial charge in [-0.1, -0.05) is 30.7 Å². The van der Waals surface area contributed by atoms with Gasteiger partial charge in [0, 0.05) is 32.6 Å². The Morgan fingerprint density at radius 1 is 0.972 bits per heavy atom. The fourth-order valence-electron chi connectivity index (χ4n) is 5.79. The summed E-state index contributed by atoms with van der Waals surface area (Å²) in [5.41, 5.74) is 2.71. The van der Waals surface area contributed by atoms with E-state index in [0.29, 0.717) is 30.9 Å². The highest BCUT2D eigenvalue weighted by Crippen LogP contribution is 2.38. The van der Waals surface area contributed by atoms with Crippen LogP contribution in [0.2, 0.25) is 0 Å². The number of methoxy groups -OCH3 is 2. The van der Waals surface area contributed by atoms with E-state index in [-0.39, 0.29) is 11.3 Å². The van der Waals surface area contributed by atoms with Gasteiger partial charge in [0.2, 0.25) is 5.91 Å². The maximum atomic E-state index is 13.1. The number of likely N-dealkylation sites (tertiary alicyclic amines) is 1. The molecule has 196 valence electrons. The van der Waals surface area contributed by atoms with Crippen LogP contribution in [0.1, 0.15) is 49.7 Å². The molecule has 6 heteroatoms. The minimum atomic E-state index is 0.256. The number of nitrogens with zero attached hydrogens (tertiary/aromatic N) is 2. The van der Waals surface area contributed by atoms with Crippen LogP contribution in [-0.2, 0) is 17.6 Å². The molecule has 0 bridgehead atoms. The Labute approximate surface area is 216 Å². The number of piperidine rings is 1. The van der Waals surface area contributed by atoms with E-state index in [1.807, 2.05) is 18.2 Å². The minimum Gasteiger partial charge on any atom is -0.493 e.